The van der Waals surface area contributed by atoms with Gasteiger partial charge in [-0.05, 0) is 37.0 Å². The molecule has 20 heavy (non-hydrogen) atoms. The van der Waals surface area contributed by atoms with Crippen LogP contribution in [0.15, 0.2) is 0 Å². The van der Waals surface area contributed by atoms with Crippen molar-refractivity contribution in [2.45, 2.75) is 78.8 Å². The van der Waals surface area contributed by atoms with Crippen molar-refractivity contribution in [2.75, 3.05) is 19.6 Å². The number of nitrogens with zero attached hydrogens (tertiary/aromatic N) is 1. The molecule has 0 aromatic heterocycles. The van der Waals surface area contributed by atoms with Crippen LogP contribution in [-0.2, 0) is 0 Å². The van der Waals surface area contributed by atoms with Crippen molar-refractivity contribution in [3.63, 3.8) is 0 Å². The van der Waals surface area contributed by atoms with E-state index in [2.05, 4.69) is 44.8 Å². The topological polar surface area (TPSA) is 15.3 Å². The summed E-state index contributed by atoms with van der Waals surface area (Å²) in [6, 6.07) is 1.43. The Kier molecular flexibility index (Phi) is 5.53. The van der Waals surface area contributed by atoms with Gasteiger partial charge in [-0.25, -0.2) is 0 Å². The van der Waals surface area contributed by atoms with Crippen LogP contribution in [0.3, 0.4) is 0 Å². The molecule has 2 unspecified atom stereocenters. The molecule has 1 saturated heterocycles. The Hall–Kier alpha value is -0.0800. The Morgan fingerprint density at radius 3 is 2.40 bits per heavy atom. The molecule has 1 heterocycles. The molecule has 118 valence electrons. The van der Waals surface area contributed by atoms with Crippen LogP contribution in [0.1, 0.15) is 66.7 Å². The Morgan fingerprint density at radius 2 is 1.80 bits per heavy atom. The largest absolute Gasteiger partial charge is 0.311 e. The highest BCUT2D eigenvalue weighted by molar-refractivity contribution is 4.91. The van der Waals surface area contributed by atoms with Crippen LogP contribution in [0.5, 0.6) is 0 Å². The zero-order chi connectivity index (χ0) is 14.8. The van der Waals surface area contributed by atoms with Crippen molar-refractivity contribution in [3.05, 3.63) is 0 Å². The third kappa shape index (κ3) is 3.98. The molecule has 1 N–H and O–H groups in total. The fourth-order valence-corrected chi connectivity index (χ4v) is 3.73. The summed E-state index contributed by atoms with van der Waals surface area (Å²) in [7, 11) is 0. The van der Waals surface area contributed by atoms with Crippen molar-refractivity contribution in [2.24, 2.45) is 17.3 Å². The van der Waals surface area contributed by atoms with Gasteiger partial charge in [-0.1, -0.05) is 47.0 Å². The van der Waals surface area contributed by atoms with E-state index in [4.69, 9.17) is 0 Å². The molecular weight excluding hydrogens is 244 g/mol. The molecule has 0 bridgehead atoms. The standard InChI is InChI=1S/C18H36N2/c1-14(2)18(4,5)13-20-12-17(19-11-15(20)3)16-9-7-6-8-10-16/h14-17,19H,6-13H2,1-5H3. The smallest absolute Gasteiger partial charge is 0.0224 e. The summed E-state index contributed by atoms with van der Waals surface area (Å²) < 4.78 is 0. The molecule has 2 fully saturated rings. The van der Waals surface area contributed by atoms with Crippen LogP contribution in [0.2, 0.25) is 0 Å². The molecule has 2 atom stereocenters. The van der Waals surface area contributed by atoms with Gasteiger partial charge in [-0.2, -0.15) is 0 Å². The zero-order valence-electron chi connectivity index (χ0n) is 14.4. The van der Waals surface area contributed by atoms with E-state index >= 15 is 0 Å². The molecule has 0 radical (unpaired) electrons. The van der Waals surface area contributed by atoms with Crippen molar-refractivity contribution in [1.82, 2.24) is 10.2 Å². The van der Waals surface area contributed by atoms with E-state index in [9.17, 15) is 0 Å². The minimum Gasteiger partial charge on any atom is -0.311 e. The second-order valence-corrected chi connectivity index (χ2v) is 8.33. The number of nitrogens with one attached hydrogen (secondary N) is 1. The summed E-state index contributed by atoms with van der Waals surface area (Å²) in [5.74, 6) is 1.68. The second kappa shape index (κ2) is 6.79. The van der Waals surface area contributed by atoms with E-state index in [1.54, 1.807) is 0 Å². The third-order valence-corrected chi connectivity index (χ3v) is 6.12. The lowest BCUT2D eigenvalue weighted by Gasteiger charge is -2.46. The molecule has 2 rings (SSSR count). The van der Waals surface area contributed by atoms with E-state index < -0.39 is 0 Å². The van der Waals surface area contributed by atoms with Crippen molar-refractivity contribution in [1.29, 1.82) is 0 Å². The maximum Gasteiger partial charge on any atom is 0.0224 e. The summed E-state index contributed by atoms with van der Waals surface area (Å²) in [6.45, 7) is 15.7. The summed E-state index contributed by atoms with van der Waals surface area (Å²) in [4.78, 5) is 2.76. The maximum atomic E-state index is 3.84. The molecule has 1 aliphatic carbocycles. The fourth-order valence-electron chi connectivity index (χ4n) is 3.73. The minimum atomic E-state index is 0.419. The lowest BCUT2D eigenvalue weighted by Crippen LogP contribution is -2.59. The van der Waals surface area contributed by atoms with Crippen LogP contribution >= 0.6 is 0 Å². The molecule has 1 aliphatic heterocycles. The van der Waals surface area contributed by atoms with Gasteiger partial charge in [-0.15, -0.1) is 0 Å². The molecule has 0 amide bonds. The summed E-state index contributed by atoms with van der Waals surface area (Å²) >= 11 is 0. The molecular formula is C18H36N2. The number of rotatable bonds is 4. The second-order valence-electron chi connectivity index (χ2n) is 8.33. The van der Waals surface area contributed by atoms with Gasteiger partial charge < -0.3 is 5.32 Å². The lowest BCUT2D eigenvalue weighted by atomic mass is 9.79. The lowest BCUT2D eigenvalue weighted by molar-refractivity contribution is 0.0533. The predicted octanol–water partition coefficient (Wildman–Crippen LogP) is 3.91. The normalized spacial score (nSPS) is 30.9. The quantitative estimate of drug-likeness (QED) is 0.840. The average Bonchev–Trinajstić information content (AvgIpc) is 2.42. The van der Waals surface area contributed by atoms with Crippen molar-refractivity contribution in [3.8, 4) is 0 Å². The predicted molar refractivity (Wildman–Crippen MR) is 88.0 cm³/mol. The SMILES string of the molecule is CC1CNC(C2CCCCC2)CN1CC(C)(C)C(C)C. The Labute approximate surface area is 126 Å². The first kappa shape index (κ1) is 16.3. The maximum absolute atomic E-state index is 3.84. The van der Waals surface area contributed by atoms with Gasteiger partial charge in [0, 0.05) is 31.7 Å². The first-order valence-electron chi connectivity index (χ1n) is 8.87. The molecule has 2 heteroatoms. The van der Waals surface area contributed by atoms with Crippen molar-refractivity contribution >= 4 is 0 Å². The van der Waals surface area contributed by atoms with E-state index in [1.807, 2.05) is 0 Å². The van der Waals surface area contributed by atoms with Gasteiger partial charge in [-0.3, -0.25) is 4.90 Å². The van der Waals surface area contributed by atoms with E-state index in [0.29, 0.717) is 11.5 Å². The van der Waals surface area contributed by atoms with Gasteiger partial charge in [0.05, 0.1) is 0 Å². The third-order valence-electron chi connectivity index (χ3n) is 6.12. The monoisotopic (exact) mass is 280 g/mol. The summed E-state index contributed by atoms with van der Waals surface area (Å²) in [5.41, 5.74) is 0.419. The van der Waals surface area contributed by atoms with Gasteiger partial charge in [0.25, 0.3) is 0 Å². The van der Waals surface area contributed by atoms with Gasteiger partial charge in [0.1, 0.15) is 0 Å². The Morgan fingerprint density at radius 1 is 1.15 bits per heavy atom. The molecule has 2 nitrogen and oxygen atoms in total. The van der Waals surface area contributed by atoms with Crippen molar-refractivity contribution < 1.29 is 0 Å². The minimum absolute atomic E-state index is 0.419. The first-order valence-corrected chi connectivity index (χ1v) is 8.87. The first-order chi connectivity index (χ1) is 9.40. The Balaban J connectivity index is 1.94. The number of hydrogen-bond donors (Lipinski definition) is 1. The molecule has 0 aromatic rings. The molecule has 2 aliphatic rings. The van der Waals surface area contributed by atoms with Crippen LogP contribution in [0, 0.1) is 17.3 Å². The zero-order valence-corrected chi connectivity index (χ0v) is 14.4. The van der Waals surface area contributed by atoms with Crippen LogP contribution < -0.4 is 5.32 Å². The number of hydrogen-bond acceptors (Lipinski definition) is 2. The van der Waals surface area contributed by atoms with Gasteiger partial charge >= 0.3 is 0 Å². The highest BCUT2D eigenvalue weighted by Gasteiger charge is 2.34. The molecule has 1 saturated carbocycles. The molecule has 0 aromatic carbocycles. The number of piperazine rings is 1. The van der Waals surface area contributed by atoms with Gasteiger partial charge in [0.15, 0.2) is 0 Å². The Bertz CT molecular complexity index is 292. The van der Waals surface area contributed by atoms with Crippen LogP contribution in [0.25, 0.3) is 0 Å². The van der Waals surface area contributed by atoms with Gasteiger partial charge in [0.2, 0.25) is 0 Å². The summed E-state index contributed by atoms with van der Waals surface area (Å²) in [5, 5.41) is 3.84. The highest BCUT2D eigenvalue weighted by Crippen LogP contribution is 2.31. The van der Waals surface area contributed by atoms with Crippen LogP contribution in [0.4, 0.5) is 0 Å². The fraction of sp³-hybridized carbons (Fsp3) is 1.00. The van der Waals surface area contributed by atoms with E-state index in [1.165, 1.54) is 51.7 Å². The highest BCUT2D eigenvalue weighted by atomic mass is 15.2. The summed E-state index contributed by atoms with van der Waals surface area (Å²) in [6.07, 6.45) is 7.27. The van der Waals surface area contributed by atoms with E-state index in [-0.39, 0.29) is 0 Å². The molecule has 0 spiro atoms. The van der Waals surface area contributed by atoms with Crippen LogP contribution in [-0.4, -0.2) is 36.6 Å². The van der Waals surface area contributed by atoms with E-state index in [0.717, 1.165) is 17.9 Å². The average molecular weight is 280 g/mol.